The molecule has 1 saturated heterocycles. The lowest BCUT2D eigenvalue weighted by molar-refractivity contribution is -0.212. The molecule has 1 aliphatic rings. The van der Waals surface area contributed by atoms with Crippen LogP contribution in [0.1, 0.15) is 39.7 Å². The summed E-state index contributed by atoms with van der Waals surface area (Å²) in [5, 5.41) is 4.44. The minimum absolute atomic E-state index is 0.0457. The molecule has 0 spiro atoms. The van der Waals surface area contributed by atoms with Crippen LogP contribution in [0.25, 0.3) is 0 Å². The third-order valence-electron chi connectivity index (χ3n) is 7.57. The van der Waals surface area contributed by atoms with Gasteiger partial charge in [-0.05, 0) is 54.8 Å². The highest BCUT2D eigenvalue weighted by atomic mass is 32.2. The van der Waals surface area contributed by atoms with E-state index in [0.717, 1.165) is 11.1 Å². The normalized spacial score (nSPS) is 17.9. The smallest absolute Gasteiger partial charge is 0.350 e. The van der Waals surface area contributed by atoms with Crippen molar-refractivity contribution >= 4 is 10.1 Å². The minimum Gasteiger partial charge on any atom is -0.350 e. The molecule has 1 fully saturated rings. The molecule has 1 aliphatic heterocycles. The molecule has 4 aromatic rings. The van der Waals surface area contributed by atoms with Crippen LogP contribution >= 0.6 is 0 Å². The van der Waals surface area contributed by atoms with E-state index in [4.69, 9.17) is 13.7 Å². The third-order valence-corrected chi connectivity index (χ3v) is 8.90. The summed E-state index contributed by atoms with van der Waals surface area (Å²) in [6.07, 6.45) is -9.57. The molecule has 3 aromatic carbocycles. The van der Waals surface area contributed by atoms with Crippen LogP contribution in [-0.4, -0.2) is 60.7 Å². The fourth-order valence-electron chi connectivity index (χ4n) is 5.19. The first kappa shape index (κ1) is 35.5. The molecule has 0 radical (unpaired) electrons. The Bertz CT molecular complexity index is 1730. The van der Waals surface area contributed by atoms with Crippen LogP contribution in [0.15, 0.2) is 84.0 Å². The van der Waals surface area contributed by atoms with Crippen molar-refractivity contribution in [2.45, 2.75) is 56.0 Å². The average molecular weight is 699 g/mol. The zero-order valence-electron chi connectivity index (χ0n) is 25.6. The number of halogens is 6. The number of nitrogens with zero attached hydrogens (tertiary/aromatic N) is 4. The van der Waals surface area contributed by atoms with E-state index in [1.807, 2.05) is 42.2 Å². The first-order valence-electron chi connectivity index (χ1n) is 14.8. The Kier molecular flexibility index (Phi) is 10.9. The van der Waals surface area contributed by atoms with Crippen molar-refractivity contribution in [3.05, 3.63) is 113 Å². The zero-order chi connectivity index (χ0) is 34.5. The van der Waals surface area contributed by atoms with Gasteiger partial charge in [0.15, 0.2) is 12.1 Å². The first-order valence-corrected chi connectivity index (χ1v) is 16.2. The van der Waals surface area contributed by atoms with Crippen LogP contribution in [0.5, 0.6) is 0 Å². The lowest BCUT2D eigenvalue weighted by Gasteiger charge is -2.40. The largest absolute Gasteiger partial charge is 0.416 e. The third kappa shape index (κ3) is 9.19. The maximum atomic E-state index is 13.3. The molecule has 48 heavy (non-hydrogen) atoms. The fourth-order valence-corrected chi connectivity index (χ4v) is 6.09. The lowest BCUT2D eigenvalue weighted by Crippen LogP contribution is -2.46. The molecular formula is C32H32F6N4O5S. The van der Waals surface area contributed by atoms with Crippen molar-refractivity contribution < 1.29 is 48.4 Å². The maximum absolute atomic E-state index is 13.3. The highest BCUT2D eigenvalue weighted by Crippen LogP contribution is 2.37. The first-order chi connectivity index (χ1) is 22.7. The average Bonchev–Trinajstić information content (AvgIpc) is 3.47. The highest BCUT2D eigenvalue weighted by molar-refractivity contribution is 7.86. The Morgan fingerprint density at radius 1 is 0.917 bits per heavy atom. The van der Waals surface area contributed by atoms with E-state index in [1.165, 1.54) is 23.1 Å². The predicted octanol–water partition coefficient (Wildman–Crippen LogP) is 6.19. The molecule has 9 nitrogen and oxygen atoms in total. The summed E-state index contributed by atoms with van der Waals surface area (Å²) in [5.41, 5.74) is -1.24. The number of hydrogen-bond acceptors (Lipinski definition) is 8. The van der Waals surface area contributed by atoms with E-state index in [-0.39, 0.29) is 55.9 Å². The van der Waals surface area contributed by atoms with E-state index in [1.54, 1.807) is 12.1 Å². The predicted molar refractivity (Wildman–Crippen MR) is 160 cm³/mol. The molecule has 258 valence electrons. The number of aryl methyl sites for hydroxylation is 1. The van der Waals surface area contributed by atoms with Gasteiger partial charge in [0.2, 0.25) is 0 Å². The van der Waals surface area contributed by atoms with Crippen molar-refractivity contribution in [2.24, 2.45) is 0 Å². The van der Waals surface area contributed by atoms with Crippen molar-refractivity contribution in [3.63, 3.8) is 0 Å². The number of rotatable bonds is 12. The number of benzene rings is 3. The quantitative estimate of drug-likeness (QED) is 0.128. The van der Waals surface area contributed by atoms with Gasteiger partial charge in [0.25, 0.3) is 10.1 Å². The van der Waals surface area contributed by atoms with E-state index < -0.39 is 45.9 Å². The Balaban J connectivity index is 1.24. The molecule has 0 bridgehead atoms. The molecular weight excluding hydrogens is 666 g/mol. The van der Waals surface area contributed by atoms with Crippen LogP contribution in [0.2, 0.25) is 0 Å². The topological polar surface area (TPSA) is 95.8 Å². The molecule has 2 heterocycles. The van der Waals surface area contributed by atoms with Gasteiger partial charge >= 0.3 is 12.4 Å². The van der Waals surface area contributed by atoms with Gasteiger partial charge < -0.3 is 9.47 Å². The Labute approximate surface area is 273 Å². The summed E-state index contributed by atoms with van der Waals surface area (Å²) in [4.78, 5) is 6.38. The number of ether oxygens (including phenoxy) is 2. The summed E-state index contributed by atoms with van der Waals surface area (Å²) in [5.74, 6) is 0.418. The molecule has 2 unspecified atom stereocenters. The van der Waals surface area contributed by atoms with E-state index in [2.05, 4.69) is 10.1 Å². The van der Waals surface area contributed by atoms with E-state index in [0.29, 0.717) is 24.5 Å². The van der Waals surface area contributed by atoms with Gasteiger partial charge in [0, 0.05) is 6.54 Å². The maximum Gasteiger partial charge on any atom is 0.416 e. The number of aromatic nitrogens is 3. The second-order valence-electron chi connectivity index (χ2n) is 11.1. The second-order valence-corrected chi connectivity index (χ2v) is 12.7. The summed E-state index contributed by atoms with van der Waals surface area (Å²) < 4.78 is 123. The molecule has 0 saturated carbocycles. The molecule has 2 atom stereocenters. The lowest BCUT2D eigenvalue weighted by atomic mass is 10.0. The summed E-state index contributed by atoms with van der Waals surface area (Å²) in [6, 6.07) is 16.4. The van der Waals surface area contributed by atoms with Gasteiger partial charge in [-0.3, -0.25) is 13.8 Å². The van der Waals surface area contributed by atoms with Crippen LogP contribution in [0, 0.1) is 6.92 Å². The fraction of sp³-hybridized carbons (Fsp3) is 0.375. The van der Waals surface area contributed by atoms with E-state index >= 15 is 0 Å². The molecule has 5 rings (SSSR count). The van der Waals surface area contributed by atoms with Crippen molar-refractivity contribution in [1.29, 1.82) is 0 Å². The van der Waals surface area contributed by atoms with Gasteiger partial charge in [0.1, 0.15) is 6.33 Å². The van der Waals surface area contributed by atoms with Crippen LogP contribution in [-0.2, 0) is 55.6 Å². The van der Waals surface area contributed by atoms with Gasteiger partial charge in [-0.2, -0.15) is 39.9 Å². The van der Waals surface area contributed by atoms with Crippen LogP contribution < -0.4 is 0 Å². The second kappa shape index (κ2) is 14.7. The zero-order valence-corrected chi connectivity index (χ0v) is 26.4. The van der Waals surface area contributed by atoms with Gasteiger partial charge in [-0.25, -0.2) is 4.98 Å². The van der Waals surface area contributed by atoms with Crippen molar-refractivity contribution in [2.75, 3.05) is 26.4 Å². The standard InChI is InChI=1S/C32H32F6N4O5S/c1-22-7-9-27(10-8-22)48(43,44)47-16-13-42-21-39-28(40-42)20-41-12-15-46-30(29(41)24-5-3-2-4-6-24)45-14-11-23-17-25(31(33,34)35)19-26(18-23)32(36,37)38/h2-10,17-19,21,29-30H,11-16,20H2,1H3. The number of alkyl halides is 6. The molecule has 1 aromatic heterocycles. The Morgan fingerprint density at radius 2 is 1.58 bits per heavy atom. The summed E-state index contributed by atoms with van der Waals surface area (Å²) in [7, 11) is -3.95. The van der Waals surface area contributed by atoms with Crippen LogP contribution in [0.4, 0.5) is 26.3 Å². The van der Waals surface area contributed by atoms with E-state index in [9.17, 15) is 34.8 Å². The van der Waals surface area contributed by atoms with Gasteiger partial charge in [0.05, 0.1) is 55.0 Å². The Hall–Kier alpha value is -3.83. The molecule has 0 amide bonds. The van der Waals surface area contributed by atoms with Gasteiger partial charge in [-0.15, -0.1) is 0 Å². The van der Waals surface area contributed by atoms with Gasteiger partial charge in [-0.1, -0.05) is 48.0 Å². The molecule has 0 aliphatic carbocycles. The molecule has 0 N–H and O–H groups in total. The SMILES string of the molecule is Cc1ccc(S(=O)(=O)OCCn2cnc(CN3CCOC(OCCc4cc(C(F)(F)F)cc(C(F)(F)F)c4)C3c3ccccc3)n2)cc1. The number of hydrogen-bond donors (Lipinski definition) is 0. The minimum atomic E-state index is -4.95. The van der Waals surface area contributed by atoms with Crippen molar-refractivity contribution in [1.82, 2.24) is 19.7 Å². The summed E-state index contributed by atoms with van der Waals surface area (Å²) >= 11 is 0. The summed E-state index contributed by atoms with van der Waals surface area (Å²) in [6.45, 7) is 2.47. The molecule has 16 heteroatoms. The monoisotopic (exact) mass is 698 g/mol. The highest BCUT2D eigenvalue weighted by Gasteiger charge is 2.38. The van der Waals surface area contributed by atoms with Crippen molar-refractivity contribution in [3.8, 4) is 0 Å². The number of morpholine rings is 1. The Morgan fingerprint density at radius 3 is 2.23 bits per heavy atom. The van der Waals surface area contributed by atoms with Crippen LogP contribution in [0.3, 0.4) is 0 Å².